The minimum Gasteiger partial charge on any atom is -0.495 e. The number of hydrogen-bond acceptors (Lipinski definition) is 8. The predicted molar refractivity (Wildman–Crippen MR) is 155 cm³/mol. The van der Waals surface area contributed by atoms with E-state index < -0.39 is 0 Å². The maximum atomic E-state index is 6.35. The van der Waals surface area contributed by atoms with Gasteiger partial charge in [0.05, 0.1) is 12.1 Å². The normalized spacial score (nSPS) is 17.5. The molecule has 2 fully saturated rings. The van der Waals surface area contributed by atoms with Crippen LogP contribution in [0.4, 0.5) is 23.5 Å². The van der Waals surface area contributed by atoms with Gasteiger partial charge >= 0.3 is 0 Å². The molecule has 3 N–H and O–H groups in total. The van der Waals surface area contributed by atoms with Gasteiger partial charge in [0.2, 0.25) is 17.8 Å². The first-order valence-corrected chi connectivity index (χ1v) is 14.2. The molecular weight excluding hydrogens is 498 g/mol. The van der Waals surface area contributed by atoms with Gasteiger partial charge in [0.25, 0.3) is 0 Å². The van der Waals surface area contributed by atoms with Crippen LogP contribution in [0.25, 0.3) is 0 Å². The highest BCUT2D eigenvalue weighted by Gasteiger charge is 2.21. The van der Waals surface area contributed by atoms with E-state index in [0.29, 0.717) is 40.7 Å². The van der Waals surface area contributed by atoms with Gasteiger partial charge in [-0.15, -0.1) is 0 Å². The van der Waals surface area contributed by atoms with Crippen molar-refractivity contribution < 1.29 is 4.74 Å². The number of hydrogen-bond donors (Lipinski definition) is 3. The number of piperidine rings is 1. The van der Waals surface area contributed by atoms with Crippen LogP contribution < -0.4 is 20.7 Å². The van der Waals surface area contributed by atoms with Gasteiger partial charge in [-0.25, -0.2) is 0 Å². The zero-order valence-electron chi connectivity index (χ0n) is 22.1. The molecule has 1 saturated carbocycles. The van der Waals surface area contributed by atoms with Crippen molar-refractivity contribution in [2.75, 3.05) is 36.1 Å². The Morgan fingerprint density at radius 1 is 0.816 bits per heavy atom. The number of aromatic nitrogens is 3. The van der Waals surface area contributed by atoms with Crippen molar-refractivity contribution in [3.8, 4) is 5.75 Å². The molecule has 1 aliphatic heterocycles. The van der Waals surface area contributed by atoms with Gasteiger partial charge in [-0.05, 0) is 49.4 Å². The van der Waals surface area contributed by atoms with Crippen molar-refractivity contribution in [1.29, 1.82) is 0 Å². The number of rotatable bonds is 9. The highest BCUT2D eigenvalue weighted by atomic mass is 35.5. The minimum atomic E-state index is 0.318. The Morgan fingerprint density at radius 2 is 1.45 bits per heavy atom. The van der Waals surface area contributed by atoms with Crippen LogP contribution in [0.15, 0.2) is 48.5 Å². The van der Waals surface area contributed by atoms with Crippen LogP contribution in [0.3, 0.4) is 0 Å². The quantitative estimate of drug-likeness (QED) is 0.268. The number of likely N-dealkylation sites (tertiary alicyclic amines) is 1. The Morgan fingerprint density at radius 3 is 2.08 bits per heavy atom. The fourth-order valence-corrected chi connectivity index (χ4v) is 5.56. The smallest absolute Gasteiger partial charge is 0.233 e. The highest BCUT2D eigenvalue weighted by Crippen LogP contribution is 2.29. The Kier molecular flexibility index (Phi) is 9.15. The van der Waals surface area contributed by atoms with Crippen LogP contribution >= 0.6 is 11.6 Å². The fraction of sp³-hybridized carbons (Fsp3) is 0.483. The molecule has 0 amide bonds. The van der Waals surface area contributed by atoms with Gasteiger partial charge in [-0.1, -0.05) is 67.6 Å². The number of nitrogens with one attached hydrogen (secondary N) is 3. The summed E-state index contributed by atoms with van der Waals surface area (Å²) < 4.78 is 5.28. The fourth-order valence-electron chi connectivity index (χ4n) is 5.30. The summed E-state index contributed by atoms with van der Waals surface area (Å²) in [7, 11) is 1.61. The summed E-state index contributed by atoms with van der Waals surface area (Å²) in [5, 5.41) is 11.0. The Balaban J connectivity index is 1.27. The Hall–Kier alpha value is -3.10. The van der Waals surface area contributed by atoms with Crippen LogP contribution in [0.1, 0.15) is 56.9 Å². The van der Waals surface area contributed by atoms with Crippen LogP contribution in [0.2, 0.25) is 5.02 Å². The summed E-state index contributed by atoms with van der Waals surface area (Å²) in [6, 6.07) is 16.9. The molecule has 0 radical (unpaired) electrons. The minimum absolute atomic E-state index is 0.318. The predicted octanol–water partition coefficient (Wildman–Crippen LogP) is 6.49. The summed E-state index contributed by atoms with van der Waals surface area (Å²) in [5.41, 5.74) is 2.16. The molecule has 0 spiro atoms. The van der Waals surface area contributed by atoms with E-state index in [1.54, 1.807) is 7.11 Å². The van der Waals surface area contributed by atoms with Crippen molar-refractivity contribution in [2.45, 2.75) is 70.0 Å². The maximum Gasteiger partial charge on any atom is 0.233 e. The van der Waals surface area contributed by atoms with Crippen LogP contribution in [0, 0.1) is 0 Å². The van der Waals surface area contributed by atoms with Crippen LogP contribution in [-0.2, 0) is 6.54 Å². The molecule has 8 nitrogen and oxygen atoms in total. The number of anilines is 4. The Bertz CT molecular complexity index is 1160. The second-order valence-corrected chi connectivity index (χ2v) is 10.7. The average molecular weight is 536 g/mol. The lowest BCUT2D eigenvalue weighted by Gasteiger charge is -2.32. The number of ether oxygens (including phenoxy) is 1. The number of halogens is 1. The summed E-state index contributed by atoms with van der Waals surface area (Å²) in [6.07, 6.45) is 9.46. The summed E-state index contributed by atoms with van der Waals surface area (Å²) in [4.78, 5) is 16.7. The van der Waals surface area contributed by atoms with E-state index >= 15 is 0 Å². The number of benzene rings is 2. The van der Waals surface area contributed by atoms with E-state index in [0.717, 1.165) is 51.0 Å². The molecule has 202 valence electrons. The molecule has 3 aromatic rings. The SMILES string of the molecule is COc1ccc(Nc2nc(NC3CCCCCC3)nc(NC3CCN(Cc4ccccc4)CC3)n2)cc1Cl. The average Bonchev–Trinajstić information content (AvgIpc) is 3.19. The zero-order valence-corrected chi connectivity index (χ0v) is 22.9. The standard InChI is InChI=1S/C29H38ClN7O/c1-38-26-14-13-24(19-25(26)30)33-29-35-27(31-22-11-7-2-3-8-12-22)34-28(36-29)32-23-15-17-37(18-16-23)20-21-9-5-4-6-10-21/h4-6,9-10,13-14,19,22-23H,2-3,7-8,11-12,15-18,20H2,1H3,(H3,31,32,33,34,35,36). The molecule has 1 aliphatic carbocycles. The summed E-state index contributed by atoms with van der Waals surface area (Å²) in [6.45, 7) is 3.08. The zero-order chi connectivity index (χ0) is 26.2. The summed E-state index contributed by atoms with van der Waals surface area (Å²) in [5.74, 6) is 2.32. The second kappa shape index (κ2) is 13.1. The van der Waals surface area contributed by atoms with Gasteiger partial charge < -0.3 is 20.7 Å². The molecular formula is C29H38ClN7O. The maximum absolute atomic E-state index is 6.35. The largest absolute Gasteiger partial charge is 0.495 e. The molecule has 2 heterocycles. The van der Waals surface area contributed by atoms with E-state index in [1.807, 2.05) is 18.2 Å². The molecule has 0 unspecified atom stereocenters. The first-order valence-electron chi connectivity index (χ1n) is 13.8. The monoisotopic (exact) mass is 535 g/mol. The molecule has 0 bridgehead atoms. The number of nitrogens with zero attached hydrogens (tertiary/aromatic N) is 4. The highest BCUT2D eigenvalue weighted by molar-refractivity contribution is 6.32. The lowest BCUT2D eigenvalue weighted by atomic mass is 10.0. The lowest BCUT2D eigenvalue weighted by Crippen LogP contribution is -2.39. The van der Waals surface area contributed by atoms with E-state index in [-0.39, 0.29) is 0 Å². The molecule has 2 aliphatic rings. The lowest BCUT2D eigenvalue weighted by molar-refractivity contribution is 0.211. The van der Waals surface area contributed by atoms with E-state index in [4.69, 9.17) is 31.3 Å². The topological polar surface area (TPSA) is 87.2 Å². The van der Waals surface area contributed by atoms with E-state index in [9.17, 15) is 0 Å². The molecule has 38 heavy (non-hydrogen) atoms. The molecule has 5 rings (SSSR count). The Labute approximate surface area is 230 Å². The van der Waals surface area contributed by atoms with Crippen LogP contribution in [-0.4, -0.2) is 52.1 Å². The molecule has 9 heteroatoms. The van der Waals surface area contributed by atoms with Crippen molar-refractivity contribution in [2.24, 2.45) is 0 Å². The van der Waals surface area contributed by atoms with Crippen molar-refractivity contribution >= 4 is 35.1 Å². The summed E-state index contributed by atoms with van der Waals surface area (Å²) >= 11 is 6.35. The third-order valence-corrected chi connectivity index (χ3v) is 7.70. The molecule has 0 atom stereocenters. The first-order chi connectivity index (χ1) is 18.6. The third-order valence-electron chi connectivity index (χ3n) is 7.40. The molecule has 1 saturated heterocycles. The molecule has 2 aromatic carbocycles. The second-order valence-electron chi connectivity index (χ2n) is 10.3. The van der Waals surface area contributed by atoms with Crippen molar-refractivity contribution in [1.82, 2.24) is 19.9 Å². The first kappa shape index (κ1) is 26.5. The van der Waals surface area contributed by atoms with E-state index in [2.05, 4.69) is 51.2 Å². The van der Waals surface area contributed by atoms with Crippen LogP contribution in [0.5, 0.6) is 5.75 Å². The van der Waals surface area contributed by atoms with Gasteiger partial charge in [-0.2, -0.15) is 15.0 Å². The van der Waals surface area contributed by atoms with Gasteiger partial charge in [0, 0.05) is 37.4 Å². The van der Waals surface area contributed by atoms with Gasteiger partial charge in [-0.3, -0.25) is 4.90 Å². The number of methoxy groups -OCH3 is 1. The van der Waals surface area contributed by atoms with Gasteiger partial charge in [0.1, 0.15) is 5.75 Å². The van der Waals surface area contributed by atoms with E-state index in [1.165, 1.54) is 31.2 Å². The molecule has 1 aromatic heterocycles. The van der Waals surface area contributed by atoms with Crippen molar-refractivity contribution in [3.63, 3.8) is 0 Å². The van der Waals surface area contributed by atoms with Crippen molar-refractivity contribution in [3.05, 3.63) is 59.1 Å². The van der Waals surface area contributed by atoms with Gasteiger partial charge in [0.15, 0.2) is 0 Å². The third kappa shape index (κ3) is 7.48.